The summed E-state index contributed by atoms with van der Waals surface area (Å²) in [6.45, 7) is 7.47. The quantitative estimate of drug-likeness (QED) is 0.433. The van der Waals surface area contributed by atoms with Crippen LogP contribution in [0.4, 0.5) is 0 Å². The number of thiazole rings is 1. The normalized spacial score (nSPS) is 21.8. The number of carboxylic acid groups (broad SMARTS) is 1. The molecule has 1 aliphatic heterocycles. The molecular weight excluding hydrogens is 544 g/mol. The molecule has 0 spiro atoms. The fourth-order valence-corrected chi connectivity index (χ4v) is 6.31. The van der Waals surface area contributed by atoms with Crippen molar-refractivity contribution in [3.8, 4) is 10.4 Å². The van der Waals surface area contributed by atoms with E-state index in [1.54, 1.807) is 16.8 Å². The molecule has 2 fully saturated rings. The van der Waals surface area contributed by atoms with E-state index in [0.717, 1.165) is 21.7 Å². The van der Waals surface area contributed by atoms with Crippen molar-refractivity contribution in [2.45, 2.75) is 78.4 Å². The maximum atomic E-state index is 13.8. The Hall–Kier alpha value is -3.60. The number of carboxylic acids is 1. The zero-order valence-electron chi connectivity index (χ0n) is 23.9. The number of nitrogens with one attached hydrogen (secondary N) is 2. The number of amides is 3. The number of nitrogens with zero attached hydrogens (tertiary/aromatic N) is 2. The molecule has 2 aromatic rings. The van der Waals surface area contributed by atoms with Gasteiger partial charge in [-0.25, -0.2) is 4.98 Å². The SMILES string of the molecule is Cc1ncsc1-c1ccc(CNC(=O)[C@@H]2CC(=O)CN2C(=O)[C@@H](NC(=O)C2CCC(C(=O)O)CC2)C(C)(C)C)cc1. The van der Waals surface area contributed by atoms with Crippen molar-refractivity contribution in [1.82, 2.24) is 20.5 Å². The number of aliphatic carboxylic acids is 1. The highest BCUT2D eigenvalue weighted by Crippen LogP contribution is 2.31. The van der Waals surface area contributed by atoms with E-state index in [1.807, 2.05) is 52.0 Å². The molecule has 0 bridgehead atoms. The number of hydrogen-bond acceptors (Lipinski definition) is 7. The average molecular weight is 583 g/mol. The van der Waals surface area contributed by atoms with Crippen LogP contribution in [0.3, 0.4) is 0 Å². The average Bonchev–Trinajstić information content (AvgIpc) is 3.54. The van der Waals surface area contributed by atoms with E-state index in [2.05, 4.69) is 15.6 Å². The summed E-state index contributed by atoms with van der Waals surface area (Å²) >= 11 is 1.57. The number of likely N-dealkylation sites (tertiary alicyclic amines) is 1. The minimum atomic E-state index is -0.957. The molecule has 3 N–H and O–H groups in total. The third-order valence-corrected chi connectivity index (χ3v) is 8.98. The molecule has 2 atom stereocenters. The number of aromatic nitrogens is 1. The predicted molar refractivity (Wildman–Crippen MR) is 154 cm³/mol. The van der Waals surface area contributed by atoms with Gasteiger partial charge in [-0.3, -0.25) is 24.0 Å². The summed E-state index contributed by atoms with van der Waals surface area (Å²) in [4.78, 5) is 70.5. The Morgan fingerprint density at radius 3 is 2.24 bits per heavy atom. The Labute approximate surface area is 243 Å². The van der Waals surface area contributed by atoms with E-state index < -0.39 is 41.2 Å². The van der Waals surface area contributed by atoms with Gasteiger partial charge in [0, 0.05) is 18.9 Å². The fraction of sp³-hybridized carbons (Fsp3) is 0.533. The number of hydrogen-bond donors (Lipinski definition) is 3. The Bertz CT molecular complexity index is 1310. The Kier molecular flexibility index (Phi) is 9.26. The molecule has 2 heterocycles. The molecule has 1 saturated heterocycles. The number of carbonyl (C=O) groups excluding carboxylic acids is 4. The zero-order chi connectivity index (χ0) is 29.9. The molecule has 1 aliphatic carbocycles. The minimum absolute atomic E-state index is 0.0782. The highest BCUT2D eigenvalue weighted by molar-refractivity contribution is 7.13. The number of aryl methyl sites for hydroxylation is 1. The van der Waals surface area contributed by atoms with Gasteiger partial charge in [0.25, 0.3) is 0 Å². The molecule has 11 heteroatoms. The largest absolute Gasteiger partial charge is 0.481 e. The zero-order valence-corrected chi connectivity index (χ0v) is 24.8. The molecule has 3 amide bonds. The van der Waals surface area contributed by atoms with Crippen LogP contribution < -0.4 is 10.6 Å². The van der Waals surface area contributed by atoms with Gasteiger partial charge in [-0.15, -0.1) is 11.3 Å². The van der Waals surface area contributed by atoms with Crippen molar-refractivity contribution < 1.29 is 29.1 Å². The molecule has 1 saturated carbocycles. The van der Waals surface area contributed by atoms with Gasteiger partial charge in [0.1, 0.15) is 12.1 Å². The Morgan fingerprint density at radius 2 is 1.68 bits per heavy atom. The summed E-state index contributed by atoms with van der Waals surface area (Å²) in [7, 11) is 0. The van der Waals surface area contributed by atoms with Crippen molar-refractivity contribution in [3.05, 3.63) is 41.0 Å². The standard InChI is InChI=1S/C30H38N4O6S/c1-17-24(41-16-32-17)19-7-5-18(6-8-19)14-31-27(37)23-13-22(35)15-34(23)28(38)25(30(2,3)4)33-26(36)20-9-11-21(12-10-20)29(39)40/h5-8,16,20-21,23,25H,9-15H2,1-4H3,(H,31,37)(H,33,36)(H,39,40)/t20?,21?,23-,25+/m0/s1. The summed E-state index contributed by atoms with van der Waals surface area (Å²) in [5.41, 5.74) is 4.00. The van der Waals surface area contributed by atoms with Crippen LogP contribution in [0.15, 0.2) is 29.8 Å². The second kappa shape index (κ2) is 12.5. The van der Waals surface area contributed by atoms with E-state index in [0.29, 0.717) is 25.7 Å². The van der Waals surface area contributed by atoms with Gasteiger partial charge in [0.05, 0.1) is 28.5 Å². The lowest BCUT2D eigenvalue weighted by Gasteiger charge is -2.36. The first-order valence-corrected chi connectivity index (χ1v) is 14.9. The first-order chi connectivity index (χ1) is 19.3. The molecule has 10 nitrogen and oxygen atoms in total. The number of rotatable bonds is 8. The molecule has 0 unspecified atom stereocenters. The first kappa shape index (κ1) is 30.4. The van der Waals surface area contributed by atoms with Gasteiger partial charge in [0.15, 0.2) is 5.78 Å². The van der Waals surface area contributed by atoms with Crippen molar-refractivity contribution in [2.24, 2.45) is 17.3 Å². The maximum Gasteiger partial charge on any atom is 0.306 e. The number of carbonyl (C=O) groups is 5. The molecule has 2 aliphatic rings. The Morgan fingerprint density at radius 1 is 1.05 bits per heavy atom. The molecular formula is C30H38N4O6S. The van der Waals surface area contributed by atoms with Gasteiger partial charge >= 0.3 is 5.97 Å². The third-order valence-electron chi connectivity index (χ3n) is 8.00. The topological polar surface area (TPSA) is 146 Å². The summed E-state index contributed by atoms with van der Waals surface area (Å²) in [5, 5.41) is 15.0. The lowest BCUT2D eigenvalue weighted by molar-refractivity contribution is -0.146. The number of Topliss-reactive ketones (excluding diaryl/α,β-unsaturated/α-hetero) is 1. The van der Waals surface area contributed by atoms with Crippen molar-refractivity contribution in [2.75, 3.05) is 6.54 Å². The minimum Gasteiger partial charge on any atom is -0.481 e. The van der Waals surface area contributed by atoms with Gasteiger partial charge in [0.2, 0.25) is 17.7 Å². The fourth-order valence-electron chi connectivity index (χ4n) is 5.49. The molecule has 0 radical (unpaired) electrons. The summed E-state index contributed by atoms with van der Waals surface area (Å²) < 4.78 is 0. The predicted octanol–water partition coefficient (Wildman–Crippen LogP) is 3.33. The highest BCUT2D eigenvalue weighted by Gasteiger charge is 2.45. The van der Waals surface area contributed by atoms with Gasteiger partial charge in [-0.2, -0.15) is 0 Å². The van der Waals surface area contributed by atoms with E-state index in [1.165, 1.54) is 4.90 Å². The molecule has 1 aromatic carbocycles. The molecule has 1 aromatic heterocycles. The van der Waals surface area contributed by atoms with Gasteiger partial charge in [-0.1, -0.05) is 45.0 Å². The van der Waals surface area contributed by atoms with Crippen molar-refractivity contribution >= 4 is 40.8 Å². The third kappa shape index (κ3) is 7.19. The number of ketones is 1. The van der Waals surface area contributed by atoms with Crippen LogP contribution in [0.25, 0.3) is 10.4 Å². The summed E-state index contributed by atoms with van der Waals surface area (Å²) in [5.74, 6) is -3.08. The molecule has 220 valence electrons. The lowest BCUT2D eigenvalue weighted by Crippen LogP contribution is -2.58. The van der Waals surface area contributed by atoms with Crippen LogP contribution in [0, 0.1) is 24.2 Å². The van der Waals surface area contributed by atoms with Crippen LogP contribution in [-0.4, -0.2) is 63.1 Å². The van der Waals surface area contributed by atoms with Crippen LogP contribution >= 0.6 is 11.3 Å². The number of benzene rings is 1. The monoisotopic (exact) mass is 582 g/mol. The Balaban J connectivity index is 1.40. The van der Waals surface area contributed by atoms with E-state index in [9.17, 15) is 29.1 Å². The second-order valence-electron chi connectivity index (χ2n) is 12.1. The molecule has 4 rings (SSSR count). The van der Waals surface area contributed by atoms with E-state index in [4.69, 9.17) is 0 Å². The van der Waals surface area contributed by atoms with Crippen LogP contribution in [0.5, 0.6) is 0 Å². The van der Waals surface area contributed by atoms with E-state index >= 15 is 0 Å². The van der Waals surface area contributed by atoms with Gasteiger partial charge in [-0.05, 0) is 49.1 Å². The summed E-state index contributed by atoms with van der Waals surface area (Å²) in [6, 6.07) is 5.89. The van der Waals surface area contributed by atoms with Gasteiger partial charge < -0.3 is 20.6 Å². The maximum absolute atomic E-state index is 13.8. The van der Waals surface area contributed by atoms with E-state index in [-0.39, 0.29) is 37.1 Å². The highest BCUT2D eigenvalue weighted by atomic mass is 32.1. The smallest absolute Gasteiger partial charge is 0.306 e. The van der Waals surface area contributed by atoms with Crippen LogP contribution in [-0.2, 0) is 30.5 Å². The second-order valence-corrected chi connectivity index (χ2v) is 13.0. The molecule has 41 heavy (non-hydrogen) atoms. The first-order valence-electron chi connectivity index (χ1n) is 14.0. The van der Waals surface area contributed by atoms with Crippen LogP contribution in [0.2, 0.25) is 0 Å². The van der Waals surface area contributed by atoms with Crippen molar-refractivity contribution in [1.29, 1.82) is 0 Å². The lowest BCUT2D eigenvalue weighted by atomic mass is 9.80. The summed E-state index contributed by atoms with van der Waals surface area (Å²) in [6.07, 6.45) is 1.62. The van der Waals surface area contributed by atoms with Crippen molar-refractivity contribution in [3.63, 3.8) is 0 Å². The van der Waals surface area contributed by atoms with Crippen LogP contribution in [0.1, 0.15) is 64.1 Å².